The van der Waals surface area contributed by atoms with Crippen molar-refractivity contribution in [3.05, 3.63) is 0 Å². The van der Waals surface area contributed by atoms with Crippen molar-refractivity contribution in [2.75, 3.05) is 20.8 Å². The van der Waals surface area contributed by atoms with Crippen LogP contribution < -0.4 is 5.32 Å². The van der Waals surface area contributed by atoms with E-state index in [1.807, 2.05) is 0 Å². The molecule has 1 saturated heterocycles. The Morgan fingerprint density at radius 3 is 2.80 bits per heavy atom. The van der Waals surface area contributed by atoms with Crippen LogP contribution in [0.15, 0.2) is 0 Å². The van der Waals surface area contributed by atoms with Crippen molar-refractivity contribution in [3.63, 3.8) is 0 Å². The van der Waals surface area contributed by atoms with Gasteiger partial charge in [0.15, 0.2) is 12.1 Å². The van der Waals surface area contributed by atoms with Gasteiger partial charge in [-0.15, -0.1) is 0 Å². The van der Waals surface area contributed by atoms with Crippen LogP contribution >= 0.6 is 0 Å². The number of methoxy groups -OCH3 is 2. The van der Waals surface area contributed by atoms with Gasteiger partial charge in [0.05, 0.1) is 0 Å². The van der Waals surface area contributed by atoms with Crippen molar-refractivity contribution in [2.45, 2.75) is 38.3 Å². The highest BCUT2D eigenvalue weighted by Crippen LogP contribution is 2.33. The molecule has 15 heavy (non-hydrogen) atoms. The first-order chi connectivity index (χ1) is 7.12. The molecule has 0 bridgehead atoms. The van der Waals surface area contributed by atoms with Gasteiger partial charge in [0.25, 0.3) is 0 Å². The quantitative estimate of drug-likeness (QED) is 0.734. The van der Waals surface area contributed by atoms with Crippen LogP contribution in [0.25, 0.3) is 0 Å². The molecule has 0 unspecified atom stereocenters. The summed E-state index contributed by atoms with van der Waals surface area (Å²) in [6, 6.07) is 0. The second-order valence-corrected chi connectivity index (χ2v) is 3.67. The number of hydrogen-bond acceptors (Lipinski definition) is 4. The van der Waals surface area contributed by atoms with Gasteiger partial charge in [0.2, 0.25) is 5.91 Å². The second kappa shape index (κ2) is 5.44. The Balaban J connectivity index is 2.37. The molecular weight excluding hydrogens is 198 g/mol. The molecule has 1 fully saturated rings. The Labute approximate surface area is 90.1 Å². The van der Waals surface area contributed by atoms with Crippen LogP contribution in [0.2, 0.25) is 0 Å². The normalized spacial score (nSPS) is 30.5. The van der Waals surface area contributed by atoms with E-state index in [2.05, 4.69) is 5.32 Å². The maximum atomic E-state index is 10.7. The fourth-order valence-electron chi connectivity index (χ4n) is 1.73. The van der Waals surface area contributed by atoms with E-state index in [-0.39, 0.29) is 12.2 Å². The molecule has 0 aromatic rings. The largest absolute Gasteiger partial charge is 0.356 e. The van der Waals surface area contributed by atoms with Gasteiger partial charge in [0, 0.05) is 47.0 Å². The van der Waals surface area contributed by atoms with E-state index in [1.165, 1.54) is 6.92 Å². The summed E-state index contributed by atoms with van der Waals surface area (Å²) >= 11 is 0. The minimum atomic E-state index is -0.594. The molecule has 1 amide bonds. The molecule has 0 aromatic heterocycles. The summed E-state index contributed by atoms with van der Waals surface area (Å²) < 4.78 is 16.1. The highest BCUT2D eigenvalue weighted by atomic mass is 16.8. The third kappa shape index (κ3) is 3.44. The molecule has 0 radical (unpaired) electrons. The van der Waals surface area contributed by atoms with Crippen LogP contribution in [0.3, 0.4) is 0 Å². The Bertz CT molecular complexity index is 221. The minimum Gasteiger partial charge on any atom is -0.356 e. The summed E-state index contributed by atoms with van der Waals surface area (Å²) in [6.45, 7) is 2.05. The molecule has 1 aliphatic heterocycles. The standard InChI is InChI=1S/C10H19NO4/c1-8(12)11-7-6-10(14-3)5-4-9(13-2)15-10/h9H,4-7H2,1-3H3,(H,11,12)/t9-,10-/m1/s1. The lowest BCUT2D eigenvalue weighted by atomic mass is 10.1. The lowest BCUT2D eigenvalue weighted by Gasteiger charge is -2.27. The highest BCUT2D eigenvalue weighted by Gasteiger charge is 2.40. The van der Waals surface area contributed by atoms with Crippen LogP contribution in [-0.4, -0.2) is 38.7 Å². The van der Waals surface area contributed by atoms with Crippen molar-refractivity contribution >= 4 is 5.91 Å². The first kappa shape index (κ1) is 12.4. The number of nitrogens with one attached hydrogen (secondary N) is 1. The predicted octanol–water partition coefficient (Wildman–Crippen LogP) is 0.638. The first-order valence-corrected chi connectivity index (χ1v) is 5.12. The number of rotatable bonds is 5. The van der Waals surface area contributed by atoms with Crippen molar-refractivity contribution < 1.29 is 19.0 Å². The molecule has 5 heteroatoms. The second-order valence-electron chi connectivity index (χ2n) is 3.67. The van der Waals surface area contributed by atoms with Gasteiger partial charge in [-0.1, -0.05) is 0 Å². The maximum Gasteiger partial charge on any atom is 0.216 e. The molecule has 1 rings (SSSR count). The maximum absolute atomic E-state index is 10.7. The SMILES string of the molecule is CO[C@H]1CC[C@@](CCNC(C)=O)(OC)O1. The molecule has 0 aromatic carbocycles. The summed E-state index contributed by atoms with van der Waals surface area (Å²) in [5.41, 5.74) is 0. The van der Waals surface area contributed by atoms with E-state index in [1.54, 1.807) is 14.2 Å². The van der Waals surface area contributed by atoms with Crippen molar-refractivity contribution in [1.82, 2.24) is 5.32 Å². The lowest BCUT2D eigenvalue weighted by molar-refractivity contribution is -0.257. The molecule has 0 saturated carbocycles. The number of ether oxygens (including phenoxy) is 3. The Morgan fingerprint density at radius 1 is 1.60 bits per heavy atom. The summed E-state index contributed by atoms with van der Waals surface area (Å²) in [4.78, 5) is 10.7. The number of carbonyl (C=O) groups excluding carboxylic acids is 1. The average Bonchev–Trinajstić information content (AvgIpc) is 2.62. The molecule has 2 atom stereocenters. The number of carbonyl (C=O) groups is 1. The zero-order valence-electron chi connectivity index (χ0n) is 9.54. The molecule has 0 spiro atoms. The summed E-state index contributed by atoms with van der Waals surface area (Å²) in [5, 5.41) is 2.72. The zero-order chi connectivity index (χ0) is 11.3. The van der Waals surface area contributed by atoms with Crippen molar-refractivity contribution in [2.24, 2.45) is 0 Å². The van der Waals surface area contributed by atoms with Gasteiger partial charge in [-0.2, -0.15) is 0 Å². The fraction of sp³-hybridized carbons (Fsp3) is 0.900. The van der Waals surface area contributed by atoms with Crippen LogP contribution in [0.1, 0.15) is 26.2 Å². The van der Waals surface area contributed by atoms with E-state index in [9.17, 15) is 4.79 Å². The van der Waals surface area contributed by atoms with Gasteiger partial charge in [-0.05, 0) is 0 Å². The van der Waals surface area contributed by atoms with Crippen LogP contribution in [0.4, 0.5) is 0 Å². The molecule has 5 nitrogen and oxygen atoms in total. The first-order valence-electron chi connectivity index (χ1n) is 5.12. The molecule has 1 N–H and O–H groups in total. The summed E-state index contributed by atoms with van der Waals surface area (Å²) in [6.07, 6.45) is 2.07. The Hall–Kier alpha value is -0.650. The van der Waals surface area contributed by atoms with Gasteiger partial charge in [0.1, 0.15) is 0 Å². The zero-order valence-corrected chi connectivity index (χ0v) is 9.54. The smallest absolute Gasteiger partial charge is 0.216 e. The van der Waals surface area contributed by atoms with E-state index in [4.69, 9.17) is 14.2 Å². The van der Waals surface area contributed by atoms with Crippen molar-refractivity contribution in [3.8, 4) is 0 Å². The van der Waals surface area contributed by atoms with E-state index in [0.717, 1.165) is 12.8 Å². The Morgan fingerprint density at radius 2 is 2.33 bits per heavy atom. The van der Waals surface area contributed by atoms with Crippen LogP contribution in [0.5, 0.6) is 0 Å². The van der Waals surface area contributed by atoms with Crippen molar-refractivity contribution in [1.29, 1.82) is 0 Å². The Kier molecular flexibility index (Phi) is 4.50. The van der Waals surface area contributed by atoms with Gasteiger partial charge in [-0.25, -0.2) is 0 Å². The van der Waals surface area contributed by atoms with E-state index >= 15 is 0 Å². The highest BCUT2D eigenvalue weighted by molar-refractivity contribution is 5.72. The van der Waals surface area contributed by atoms with Gasteiger partial charge < -0.3 is 19.5 Å². The monoisotopic (exact) mass is 217 g/mol. The van der Waals surface area contributed by atoms with Gasteiger partial charge >= 0.3 is 0 Å². The third-order valence-electron chi connectivity index (χ3n) is 2.62. The summed E-state index contributed by atoms with van der Waals surface area (Å²) in [7, 11) is 3.23. The fourth-order valence-corrected chi connectivity index (χ4v) is 1.73. The summed E-state index contributed by atoms with van der Waals surface area (Å²) in [5.74, 6) is -0.633. The number of amides is 1. The topological polar surface area (TPSA) is 56.8 Å². The minimum absolute atomic E-state index is 0.0393. The molecular formula is C10H19NO4. The van der Waals surface area contributed by atoms with Crippen LogP contribution in [-0.2, 0) is 19.0 Å². The molecule has 88 valence electrons. The average molecular weight is 217 g/mol. The van der Waals surface area contributed by atoms with Crippen LogP contribution in [0, 0.1) is 0 Å². The molecule has 0 aliphatic carbocycles. The number of hydrogen-bond donors (Lipinski definition) is 1. The van der Waals surface area contributed by atoms with Gasteiger partial charge in [-0.3, -0.25) is 4.79 Å². The lowest BCUT2D eigenvalue weighted by Crippen LogP contribution is -2.36. The molecule has 1 heterocycles. The van der Waals surface area contributed by atoms with E-state index < -0.39 is 5.79 Å². The van der Waals surface area contributed by atoms with E-state index in [0.29, 0.717) is 13.0 Å². The third-order valence-corrected chi connectivity index (χ3v) is 2.62. The predicted molar refractivity (Wildman–Crippen MR) is 54.2 cm³/mol. The molecule has 1 aliphatic rings.